The Morgan fingerprint density at radius 2 is 1.63 bits per heavy atom. The second-order valence-electron chi connectivity index (χ2n) is 13.5. The summed E-state index contributed by atoms with van der Waals surface area (Å²) < 4.78 is 31.5. The number of aliphatic hydroxyl groups is 1. The van der Waals surface area contributed by atoms with Crippen molar-refractivity contribution in [3.05, 3.63) is 102 Å². The molecule has 9 nitrogen and oxygen atoms in total. The molecule has 0 aromatic heterocycles. The summed E-state index contributed by atoms with van der Waals surface area (Å²) in [6.45, 7) is 6.77. The summed E-state index contributed by atoms with van der Waals surface area (Å²) in [6.07, 6.45) is -0.187. The summed E-state index contributed by atoms with van der Waals surface area (Å²) in [5, 5.41) is 17.0. The maximum atomic E-state index is 13.7. The zero-order chi connectivity index (χ0) is 32.9. The van der Waals surface area contributed by atoms with Gasteiger partial charge >= 0.3 is 0 Å². The molecule has 5 atom stereocenters. The minimum absolute atomic E-state index is 0.0171. The number of nitrogens with one attached hydrogen (secondary N) is 2. The molecule has 3 N–H and O–H groups in total. The topological polar surface area (TPSA) is 125 Å². The second kappa shape index (κ2) is 14.4. The Balaban J connectivity index is 1.24. The van der Waals surface area contributed by atoms with Gasteiger partial charge in [0.15, 0.2) is 9.84 Å². The van der Waals surface area contributed by atoms with Crippen LogP contribution in [0.25, 0.3) is 0 Å². The molecule has 0 bridgehead atoms. The molecule has 2 aliphatic heterocycles. The molecule has 3 aromatic rings. The van der Waals surface area contributed by atoms with E-state index in [-0.39, 0.29) is 47.9 Å². The molecule has 246 valence electrons. The molecule has 0 radical (unpaired) electrons. The molecule has 0 spiro atoms. The third-order valence-electron chi connectivity index (χ3n) is 8.78. The molecule has 2 amide bonds. The van der Waals surface area contributed by atoms with Crippen LogP contribution < -0.4 is 15.4 Å². The number of amides is 2. The van der Waals surface area contributed by atoms with E-state index in [9.17, 15) is 23.1 Å². The zero-order valence-corrected chi connectivity index (χ0v) is 27.6. The van der Waals surface area contributed by atoms with Crippen molar-refractivity contribution < 1.29 is 27.9 Å². The second-order valence-corrected chi connectivity index (χ2v) is 15.6. The van der Waals surface area contributed by atoms with Gasteiger partial charge in [-0.3, -0.25) is 14.5 Å². The van der Waals surface area contributed by atoms with Gasteiger partial charge in [0, 0.05) is 31.0 Å². The number of fused-ring (bicyclic) bond motifs is 1. The van der Waals surface area contributed by atoms with Crippen LogP contribution in [0.5, 0.6) is 5.75 Å². The van der Waals surface area contributed by atoms with Gasteiger partial charge in [-0.15, -0.1) is 0 Å². The number of hydrogen-bond acceptors (Lipinski definition) is 7. The lowest BCUT2D eigenvalue weighted by molar-refractivity contribution is -0.127. The number of sulfone groups is 1. The number of rotatable bonds is 11. The maximum Gasteiger partial charge on any atom is 0.237 e. The summed E-state index contributed by atoms with van der Waals surface area (Å²) >= 11 is 0. The molecule has 2 aliphatic rings. The Kier molecular flexibility index (Phi) is 10.5. The lowest BCUT2D eigenvalue weighted by Crippen LogP contribution is -2.52. The van der Waals surface area contributed by atoms with Crippen LogP contribution in [-0.2, 0) is 31.6 Å². The third-order valence-corrected chi connectivity index (χ3v) is 10.4. The Morgan fingerprint density at radius 1 is 0.978 bits per heavy atom. The number of carbonyl (C=O) groups excluding carboxylic acids is 2. The molecule has 1 fully saturated rings. The van der Waals surface area contributed by atoms with Gasteiger partial charge in [0.25, 0.3) is 0 Å². The van der Waals surface area contributed by atoms with Crippen LogP contribution in [0.2, 0.25) is 0 Å². The van der Waals surface area contributed by atoms with Crippen molar-refractivity contribution in [2.75, 3.05) is 18.8 Å². The van der Waals surface area contributed by atoms with Crippen molar-refractivity contribution in [2.24, 2.45) is 5.92 Å². The van der Waals surface area contributed by atoms with Crippen molar-refractivity contribution in [1.82, 2.24) is 15.5 Å². The average Bonchev–Trinajstić information content (AvgIpc) is 3.45. The zero-order valence-electron chi connectivity index (χ0n) is 26.8. The molecule has 1 unspecified atom stereocenters. The van der Waals surface area contributed by atoms with Crippen LogP contribution >= 0.6 is 0 Å². The predicted molar refractivity (Wildman–Crippen MR) is 178 cm³/mol. The number of likely N-dealkylation sites (tertiary alicyclic amines) is 1. The number of ether oxygens (including phenoxy) is 1. The van der Waals surface area contributed by atoms with Gasteiger partial charge in [0.2, 0.25) is 11.8 Å². The van der Waals surface area contributed by atoms with Crippen LogP contribution in [0.3, 0.4) is 0 Å². The Labute approximate surface area is 272 Å². The summed E-state index contributed by atoms with van der Waals surface area (Å²) in [4.78, 5) is 29.4. The minimum atomic E-state index is -3.39. The summed E-state index contributed by atoms with van der Waals surface area (Å²) in [5.41, 5.74) is 2.13. The number of aliphatic hydroxyl groups excluding tert-OH is 1. The number of carbonyl (C=O) groups is 2. The van der Waals surface area contributed by atoms with Gasteiger partial charge < -0.3 is 20.5 Å². The highest BCUT2D eigenvalue weighted by atomic mass is 32.2. The monoisotopic (exact) mass is 647 g/mol. The summed E-state index contributed by atoms with van der Waals surface area (Å²) in [6, 6.07) is 25.2. The molecular formula is C36H45N3O6S. The van der Waals surface area contributed by atoms with Crippen LogP contribution in [-0.4, -0.2) is 72.9 Å². The van der Waals surface area contributed by atoms with Gasteiger partial charge in [-0.1, -0.05) is 72.8 Å². The number of benzene rings is 3. The van der Waals surface area contributed by atoms with E-state index in [4.69, 9.17) is 4.74 Å². The Hall–Kier alpha value is -3.73. The number of nitrogens with zero attached hydrogens (tertiary/aromatic N) is 1. The maximum absolute atomic E-state index is 13.7. The fourth-order valence-corrected chi connectivity index (χ4v) is 8.17. The first-order valence-electron chi connectivity index (χ1n) is 15.9. The van der Waals surface area contributed by atoms with E-state index in [2.05, 4.69) is 36.3 Å². The molecule has 0 saturated carbocycles. The van der Waals surface area contributed by atoms with E-state index in [0.29, 0.717) is 24.9 Å². The van der Waals surface area contributed by atoms with Crippen LogP contribution in [0, 0.1) is 5.92 Å². The van der Waals surface area contributed by atoms with E-state index >= 15 is 0 Å². The number of hydrogen-bond donors (Lipinski definition) is 3. The first-order chi connectivity index (χ1) is 21.9. The lowest BCUT2D eigenvalue weighted by Gasteiger charge is -2.36. The quantitative estimate of drug-likeness (QED) is 0.289. The fraction of sp³-hybridized carbons (Fsp3) is 0.444. The highest BCUT2D eigenvalue weighted by Crippen LogP contribution is 2.31. The molecule has 3 aromatic carbocycles. The van der Waals surface area contributed by atoms with Crippen molar-refractivity contribution in [1.29, 1.82) is 0 Å². The lowest BCUT2D eigenvalue weighted by atomic mass is 9.91. The fourth-order valence-electron chi connectivity index (χ4n) is 6.55. The summed E-state index contributed by atoms with van der Waals surface area (Å²) in [5.74, 6) is -0.633. The smallest absolute Gasteiger partial charge is 0.237 e. The van der Waals surface area contributed by atoms with Gasteiger partial charge in [-0.25, -0.2) is 8.42 Å². The van der Waals surface area contributed by atoms with E-state index in [1.807, 2.05) is 72.8 Å². The standard InChI is InChI=1S/C36H45N3O6S/c1-36(2,3)39-22-30(45-29-15-8-5-9-16-29)20-33(39)35(42)37-21-28(40)19-27(18-25-12-6-4-7-13-25)34(41)38-32-24-46(43,44)23-26-14-10-11-17-31(26)32/h4-17,27-28,30,32-33,40H,18-24H2,1-3H3,(H,37,42)(H,38,41)/t27-,28+,30+,32-,33?/m1/s1. The van der Waals surface area contributed by atoms with E-state index in [1.165, 1.54) is 0 Å². The van der Waals surface area contributed by atoms with Crippen molar-refractivity contribution in [3.8, 4) is 5.75 Å². The molecule has 10 heteroatoms. The van der Waals surface area contributed by atoms with Crippen LogP contribution in [0.1, 0.15) is 56.3 Å². The molecular weight excluding hydrogens is 602 g/mol. The minimum Gasteiger partial charge on any atom is -0.489 e. The molecule has 5 rings (SSSR count). The number of para-hydroxylation sites is 1. The first kappa shape index (κ1) is 33.6. The third kappa shape index (κ3) is 8.74. The average molecular weight is 648 g/mol. The largest absolute Gasteiger partial charge is 0.489 e. The molecule has 1 saturated heterocycles. The predicted octanol–water partition coefficient (Wildman–Crippen LogP) is 3.82. The van der Waals surface area contributed by atoms with Crippen LogP contribution in [0.15, 0.2) is 84.9 Å². The van der Waals surface area contributed by atoms with Gasteiger partial charge in [0.1, 0.15) is 11.9 Å². The highest BCUT2D eigenvalue weighted by Gasteiger charge is 2.43. The Bertz CT molecular complexity index is 1590. The Morgan fingerprint density at radius 3 is 2.33 bits per heavy atom. The van der Waals surface area contributed by atoms with Gasteiger partial charge in [-0.05, 0) is 62.4 Å². The normalized spacial score (nSPS) is 22.3. The van der Waals surface area contributed by atoms with Crippen molar-refractivity contribution >= 4 is 21.7 Å². The van der Waals surface area contributed by atoms with E-state index in [1.54, 1.807) is 12.1 Å². The van der Waals surface area contributed by atoms with E-state index in [0.717, 1.165) is 16.9 Å². The van der Waals surface area contributed by atoms with Crippen LogP contribution in [0.4, 0.5) is 0 Å². The van der Waals surface area contributed by atoms with Gasteiger partial charge in [-0.2, -0.15) is 0 Å². The van der Waals surface area contributed by atoms with E-state index < -0.39 is 33.9 Å². The highest BCUT2D eigenvalue weighted by molar-refractivity contribution is 7.90. The van der Waals surface area contributed by atoms with Crippen molar-refractivity contribution in [3.63, 3.8) is 0 Å². The molecule has 0 aliphatic carbocycles. The summed E-state index contributed by atoms with van der Waals surface area (Å²) in [7, 11) is -3.39. The molecule has 46 heavy (non-hydrogen) atoms. The van der Waals surface area contributed by atoms with Crippen molar-refractivity contribution in [2.45, 2.75) is 75.6 Å². The molecule has 2 heterocycles. The van der Waals surface area contributed by atoms with Gasteiger partial charge in [0.05, 0.1) is 29.7 Å². The SMILES string of the molecule is CC(C)(C)N1C[C@@H](Oc2ccccc2)CC1C(=O)NC[C@@H](O)C[C@@H](Cc1ccccc1)C(=O)N[C@@H]1CS(=O)(=O)Cc2ccccc21. The first-order valence-corrected chi connectivity index (χ1v) is 17.8.